The Morgan fingerprint density at radius 2 is 2.00 bits per heavy atom. The molecule has 0 amide bonds. The van der Waals surface area contributed by atoms with Crippen molar-refractivity contribution in [3.05, 3.63) is 22.2 Å². The highest BCUT2D eigenvalue weighted by Crippen LogP contribution is 2.46. The molecular formula is C14H19BrN2. The van der Waals surface area contributed by atoms with Gasteiger partial charge in [0.1, 0.15) is 0 Å². The van der Waals surface area contributed by atoms with Crippen LogP contribution in [0.25, 0.3) is 0 Å². The van der Waals surface area contributed by atoms with Crippen molar-refractivity contribution < 1.29 is 0 Å². The van der Waals surface area contributed by atoms with Crippen molar-refractivity contribution in [2.45, 2.75) is 38.1 Å². The molecule has 1 aromatic rings. The second kappa shape index (κ2) is 3.91. The van der Waals surface area contributed by atoms with Gasteiger partial charge in [0.05, 0.1) is 16.9 Å². The summed E-state index contributed by atoms with van der Waals surface area (Å²) in [5.41, 5.74) is 4.29. The number of anilines is 2. The lowest BCUT2D eigenvalue weighted by Gasteiger charge is -2.46. The summed E-state index contributed by atoms with van der Waals surface area (Å²) in [6.07, 6.45) is 5.38. The zero-order valence-electron chi connectivity index (χ0n) is 10.5. The maximum Gasteiger partial charge on any atom is 0.0723 e. The monoisotopic (exact) mass is 294 g/mol. The van der Waals surface area contributed by atoms with Gasteiger partial charge >= 0.3 is 0 Å². The Hall–Kier alpha value is -0.700. The third-order valence-corrected chi connectivity index (χ3v) is 5.04. The number of likely N-dealkylation sites (N-methyl/N-ethyl adjacent to an activating group) is 1. The van der Waals surface area contributed by atoms with Gasteiger partial charge in [-0.15, -0.1) is 0 Å². The summed E-state index contributed by atoms with van der Waals surface area (Å²) in [6, 6.07) is 4.48. The standard InChI is InChI=1S/C14H19BrN2/c1-10-7-11(15)13-12(8-10)17(2)14(9-16-13)5-3-4-6-14/h7-8,16H,3-6,9H2,1-2H3. The van der Waals surface area contributed by atoms with Crippen LogP contribution < -0.4 is 10.2 Å². The molecule has 2 nitrogen and oxygen atoms in total. The van der Waals surface area contributed by atoms with E-state index in [0.717, 1.165) is 6.54 Å². The zero-order chi connectivity index (χ0) is 12.0. The van der Waals surface area contributed by atoms with E-state index in [4.69, 9.17) is 0 Å². The second-order valence-corrected chi connectivity index (χ2v) is 6.34. The van der Waals surface area contributed by atoms with Crippen molar-refractivity contribution in [2.24, 2.45) is 0 Å². The summed E-state index contributed by atoms with van der Waals surface area (Å²) in [5, 5.41) is 3.63. The summed E-state index contributed by atoms with van der Waals surface area (Å²) < 4.78 is 1.19. The Bertz CT molecular complexity index is 450. The smallest absolute Gasteiger partial charge is 0.0723 e. The van der Waals surface area contributed by atoms with Gasteiger partial charge in [-0.25, -0.2) is 0 Å². The van der Waals surface area contributed by atoms with Crippen LogP contribution in [0, 0.1) is 6.92 Å². The van der Waals surface area contributed by atoms with Gasteiger partial charge in [-0.1, -0.05) is 12.8 Å². The van der Waals surface area contributed by atoms with Gasteiger partial charge in [0, 0.05) is 18.1 Å². The highest BCUT2D eigenvalue weighted by atomic mass is 79.9. The Morgan fingerprint density at radius 3 is 2.71 bits per heavy atom. The first-order valence-corrected chi connectivity index (χ1v) is 7.20. The van der Waals surface area contributed by atoms with Crippen LogP contribution in [0.15, 0.2) is 16.6 Å². The molecule has 1 aliphatic heterocycles. The van der Waals surface area contributed by atoms with E-state index in [0.29, 0.717) is 5.54 Å². The van der Waals surface area contributed by atoms with Crippen LogP contribution in [0.1, 0.15) is 31.2 Å². The van der Waals surface area contributed by atoms with Crippen molar-refractivity contribution in [3.8, 4) is 0 Å². The van der Waals surface area contributed by atoms with Gasteiger partial charge in [-0.2, -0.15) is 0 Å². The molecule has 3 heteroatoms. The highest BCUT2D eigenvalue weighted by Gasteiger charge is 2.41. The molecule has 1 saturated carbocycles. The number of hydrogen-bond donors (Lipinski definition) is 1. The predicted molar refractivity (Wildman–Crippen MR) is 77.0 cm³/mol. The maximum absolute atomic E-state index is 3.67. The number of fused-ring (bicyclic) bond motifs is 1. The van der Waals surface area contributed by atoms with E-state index in [1.807, 2.05) is 0 Å². The molecule has 0 atom stereocenters. The summed E-state index contributed by atoms with van der Waals surface area (Å²) in [6.45, 7) is 3.24. The van der Waals surface area contributed by atoms with E-state index >= 15 is 0 Å². The van der Waals surface area contributed by atoms with Crippen LogP contribution in [0.3, 0.4) is 0 Å². The number of halogens is 1. The molecule has 0 unspecified atom stereocenters. The van der Waals surface area contributed by atoms with Crippen molar-refractivity contribution >= 4 is 27.3 Å². The fourth-order valence-electron chi connectivity index (χ4n) is 3.34. The molecule has 1 heterocycles. The van der Waals surface area contributed by atoms with Crippen molar-refractivity contribution in [1.82, 2.24) is 0 Å². The van der Waals surface area contributed by atoms with Gasteiger partial charge in [0.2, 0.25) is 0 Å². The largest absolute Gasteiger partial charge is 0.380 e. The molecule has 0 aromatic heterocycles. The Labute approximate surface area is 112 Å². The summed E-state index contributed by atoms with van der Waals surface area (Å²) in [7, 11) is 2.26. The third-order valence-electron chi connectivity index (χ3n) is 4.42. The average molecular weight is 295 g/mol. The van der Waals surface area contributed by atoms with E-state index in [-0.39, 0.29) is 0 Å². The van der Waals surface area contributed by atoms with Crippen LogP contribution in [-0.4, -0.2) is 19.1 Å². The molecule has 0 bridgehead atoms. The van der Waals surface area contributed by atoms with Gasteiger partial charge in [-0.3, -0.25) is 0 Å². The fraction of sp³-hybridized carbons (Fsp3) is 0.571. The molecular weight excluding hydrogens is 276 g/mol. The number of benzene rings is 1. The zero-order valence-corrected chi connectivity index (χ0v) is 12.1. The number of aryl methyl sites for hydroxylation is 1. The van der Waals surface area contributed by atoms with Gasteiger partial charge < -0.3 is 10.2 Å². The van der Waals surface area contributed by atoms with Crippen LogP contribution in [-0.2, 0) is 0 Å². The molecule has 1 aromatic carbocycles. The molecule has 1 spiro atoms. The van der Waals surface area contributed by atoms with Crippen LogP contribution in [0.5, 0.6) is 0 Å². The van der Waals surface area contributed by atoms with E-state index < -0.39 is 0 Å². The van der Waals surface area contributed by atoms with E-state index in [9.17, 15) is 0 Å². The van der Waals surface area contributed by atoms with Crippen molar-refractivity contribution in [1.29, 1.82) is 0 Å². The minimum atomic E-state index is 0.361. The first-order chi connectivity index (χ1) is 8.12. The van der Waals surface area contributed by atoms with E-state index in [1.54, 1.807) is 0 Å². The van der Waals surface area contributed by atoms with Gasteiger partial charge in [0.15, 0.2) is 0 Å². The van der Waals surface area contributed by atoms with E-state index in [2.05, 4.69) is 52.3 Å². The number of hydrogen-bond acceptors (Lipinski definition) is 2. The molecule has 0 radical (unpaired) electrons. The SMILES string of the molecule is Cc1cc(Br)c2c(c1)N(C)C1(CCCC1)CN2. The number of nitrogens with zero attached hydrogens (tertiary/aromatic N) is 1. The van der Waals surface area contributed by atoms with Gasteiger partial charge in [0.25, 0.3) is 0 Å². The van der Waals surface area contributed by atoms with Crippen LogP contribution >= 0.6 is 15.9 Å². The first kappa shape index (κ1) is 11.4. The molecule has 2 aliphatic rings. The summed E-state index contributed by atoms with van der Waals surface area (Å²) in [4.78, 5) is 2.52. The summed E-state index contributed by atoms with van der Waals surface area (Å²) >= 11 is 3.67. The molecule has 0 saturated heterocycles. The minimum Gasteiger partial charge on any atom is -0.380 e. The number of nitrogens with one attached hydrogen (secondary N) is 1. The maximum atomic E-state index is 3.67. The molecule has 1 fully saturated rings. The molecule has 3 rings (SSSR count). The molecule has 1 aliphatic carbocycles. The van der Waals surface area contributed by atoms with Crippen LogP contribution in [0.2, 0.25) is 0 Å². The lowest BCUT2D eigenvalue weighted by molar-refractivity contribution is 0.429. The quantitative estimate of drug-likeness (QED) is 0.780. The van der Waals surface area contributed by atoms with Crippen molar-refractivity contribution in [2.75, 3.05) is 23.8 Å². The van der Waals surface area contributed by atoms with E-state index in [1.165, 1.54) is 47.1 Å². The lowest BCUT2D eigenvalue weighted by atomic mass is 9.91. The number of rotatable bonds is 0. The molecule has 92 valence electrons. The Morgan fingerprint density at radius 1 is 1.29 bits per heavy atom. The third kappa shape index (κ3) is 1.67. The predicted octanol–water partition coefficient (Wildman–Crippen LogP) is 3.93. The Balaban J connectivity index is 2.08. The normalized spacial score (nSPS) is 21.5. The topological polar surface area (TPSA) is 15.3 Å². The molecule has 1 N–H and O–H groups in total. The summed E-state index contributed by atoms with van der Waals surface area (Å²) in [5.74, 6) is 0. The lowest BCUT2D eigenvalue weighted by Crippen LogP contribution is -2.52. The highest BCUT2D eigenvalue weighted by molar-refractivity contribution is 9.10. The first-order valence-electron chi connectivity index (χ1n) is 6.40. The molecule has 17 heavy (non-hydrogen) atoms. The average Bonchev–Trinajstić information content (AvgIpc) is 2.74. The Kier molecular flexibility index (Phi) is 2.62. The van der Waals surface area contributed by atoms with Crippen LogP contribution in [0.4, 0.5) is 11.4 Å². The minimum absolute atomic E-state index is 0.361. The second-order valence-electron chi connectivity index (χ2n) is 5.48. The van der Waals surface area contributed by atoms with Crippen molar-refractivity contribution in [3.63, 3.8) is 0 Å². The van der Waals surface area contributed by atoms with Gasteiger partial charge in [-0.05, 0) is 53.4 Å². The fourth-order valence-corrected chi connectivity index (χ4v) is 4.04.